The van der Waals surface area contributed by atoms with Crippen LogP contribution in [0.4, 0.5) is 21.8 Å². The van der Waals surface area contributed by atoms with E-state index in [0.29, 0.717) is 17.3 Å². The van der Waals surface area contributed by atoms with E-state index in [9.17, 15) is 4.39 Å². The van der Waals surface area contributed by atoms with Crippen molar-refractivity contribution in [3.8, 4) is 11.3 Å². The molecule has 1 aliphatic heterocycles. The van der Waals surface area contributed by atoms with E-state index in [4.69, 9.17) is 0 Å². The second-order valence-electron chi connectivity index (χ2n) is 10.1. The third-order valence-corrected chi connectivity index (χ3v) is 7.15. The molecule has 38 heavy (non-hydrogen) atoms. The molecule has 0 radical (unpaired) electrons. The van der Waals surface area contributed by atoms with Crippen LogP contribution in [-0.4, -0.2) is 37.8 Å². The van der Waals surface area contributed by atoms with E-state index in [1.165, 1.54) is 11.8 Å². The molecular weight excluding hydrogens is 477 g/mol. The van der Waals surface area contributed by atoms with Gasteiger partial charge in [-0.2, -0.15) is 5.10 Å². The zero-order chi connectivity index (χ0) is 26.8. The number of aromatic nitrogens is 5. The van der Waals surface area contributed by atoms with Gasteiger partial charge in [0, 0.05) is 36.8 Å². The number of allylic oxidation sites excluding steroid dienone is 2. The highest BCUT2D eigenvalue weighted by Crippen LogP contribution is 2.30. The smallest absolute Gasteiger partial charge is 0.229 e. The topological polar surface area (TPSA) is 71.8 Å². The number of hydrogen-bond acceptors (Lipinski definition) is 6. The van der Waals surface area contributed by atoms with Gasteiger partial charge in [0.05, 0.1) is 23.6 Å². The van der Waals surface area contributed by atoms with Gasteiger partial charge in [-0.25, -0.2) is 19.3 Å². The Balaban J connectivity index is 1.36. The molecule has 0 saturated carbocycles. The van der Waals surface area contributed by atoms with Crippen LogP contribution in [0.2, 0.25) is 0 Å². The van der Waals surface area contributed by atoms with Crippen LogP contribution in [0.5, 0.6) is 0 Å². The van der Waals surface area contributed by atoms with Gasteiger partial charge < -0.3 is 10.2 Å². The summed E-state index contributed by atoms with van der Waals surface area (Å²) >= 11 is 0. The first-order chi connectivity index (χ1) is 18.3. The molecule has 4 aromatic rings. The Morgan fingerprint density at radius 1 is 1.11 bits per heavy atom. The first-order valence-electron chi connectivity index (χ1n) is 13.1. The van der Waals surface area contributed by atoms with Crippen molar-refractivity contribution in [2.75, 3.05) is 23.3 Å². The molecule has 1 aliphatic rings. The molecule has 0 bridgehead atoms. The predicted octanol–water partition coefficient (Wildman–Crippen LogP) is 6.78. The quantitative estimate of drug-likeness (QED) is 0.288. The van der Waals surface area contributed by atoms with Crippen LogP contribution in [0, 0.1) is 11.7 Å². The zero-order valence-electron chi connectivity index (χ0n) is 22.6. The lowest BCUT2D eigenvalue weighted by molar-refractivity contribution is 0.619. The van der Waals surface area contributed by atoms with Gasteiger partial charge in [-0.1, -0.05) is 50.6 Å². The summed E-state index contributed by atoms with van der Waals surface area (Å²) in [6.45, 7) is 10.3. The average molecular weight is 512 g/mol. The number of benzene rings is 1. The molecule has 0 saturated heterocycles. The Kier molecular flexibility index (Phi) is 7.22. The minimum absolute atomic E-state index is 0.236. The number of anilines is 3. The second kappa shape index (κ2) is 10.7. The fraction of sp³-hybridized carbons (Fsp3) is 0.333. The van der Waals surface area contributed by atoms with E-state index in [1.807, 2.05) is 48.3 Å². The van der Waals surface area contributed by atoms with Gasteiger partial charge >= 0.3 is 0 Å². The summed E-state index contributed by atoms with van der Waals surface area (Å²) in [4.78, 5) is 15.5. The average Bonchev–Trinajstić information content (AvgIpc) is 3.23. The standard InChI is InChI=1S/C30H34FN7/c1-6-21-8-7-14-38(15-13-20(21)4)23-10-12-27(32-17-23)34-30-33-18-25(31)28(35-30)22-9-11-26-24(16-22)29(19(2)3)37(5)36-26/h7-13,16-19,21H,6,14-15H2,1-5H3,(H,32,33,34,35)/b8-7?,20-13-. The Labute approximate surface area is 223 Å². The van der Waals surface area contributed by atoms with Gasteiger partial charge in [-0.15, -0.1) is 0 Å². The van der Waals surface area contributed by atoms with Crippen molar-refractivity contribution in [1.29, 1.82) is 0 Å². The molecule has 1 unspecified atom stereocenters. The third-order valence-electron chi connectivity index (χ3n) is 7.15. The predicted molar refractivity (Wildman–Crippen MR) is 152 cm³/mol. The third kappa shape index (κ3) is 5.16. The SMILES string of the molecule is CCC1C=CCN(c2ccc(Nc3ncc(F)c(-c4ccc5nn(C)c(C(C)C)c5c4)n3)nc2)C/C=C\1C. The minimum atomic E-state index is -0.480. The van der Waals surface area contributed by atoms with Crippen LogP contribution >= 0.6 is 0 Å². The Hall–Kier alpha value is -4.07. The van der Waals surface area contributed by atoms with Crippen molar-refractivity contribution in [2.45, 2.75) is 40.0 Å². The summed E-state index contributed by atoms with van der Waals surface area (Å²) in [6.07, 6.45) is 11.0. The molecule has 0 aliphatic carbocycles. The number of pyridine rings is 1. The second-order valence-corrected chi connectivity index (χ2v) is 10.1. The molecule has 4 heterocycles. The highest BCUT2D eigenvalue weighted by atomic mass is 19.1. The van der Waals surface area contributed by atoms with E-state index in [1.54, 1.807) is 0 Å². The molecule has 8 heteroatoms. The number of nitrogens with one attached hydrogen (secondary N) is 1. The molecule has 0 amide bonds. The molecular formula is C30H34FN7. The number of fused-ring (bicyclic) bond motifs is 1. The molecule has 5 rings (SSSR count). The molecule has 0 fully saturated rings. The fourth-order valence-electron chi connectivity index (χ4n) is 5.09. The normalized spacial score (nSPS) is 17.4. The number of aryl methyl sites for hydroxylation is 1. The van der Waals surface area contributed by atoms with Gasteiger partial charge in [-0.05, 0) is 49.4 Å². The summed E-state index contributed by atoms with van der Waals surface area (Å²) in [5.41, 5.74) is 5.32. The largest absolute Gasteiger partial charge is 0.363 e. The fourth-order valence-corrected chi connectivity index (χ4v) is 5.09. The van der Waals surface area contributed by atoms with Crippen LogP contribution in [0.15, 0.2) is 66.5 Å². The van der Waals surface area contributed by atoms with Gasteiger partial charge in [0.2, 0.25) is 5.95 Å². The summed E-state index contributed by atoms with van der Waals surface area (Å²) in [5, 5.41) is 8.71. The van der Waals surface area contributed by atoms with Gasteiger partial charge in [0.25, 0.3) is 0 Å². The summed E-state index contributed by atoms with van der Waals surface area (Å²) in [5.74, 6) is 1.20. The lowest BCUT2D eigenvalue weighted by Crippen LogP contribution is -2.25. The van der Waals surface area contributed by atoms with E-state index < -0.39 is 5.82 Å². The van der Waals surface area contributed by atoms with Gasteiger partial charge in [-0.3, -0.25) is 4.68 Å². The highest BCUT2D eigenvalue weighted by Gasteiger charge is 2.16. The summed E-state index contributed by atoms with van der Waals surface area (Å²) < 4.78 is 16.7. The Morgan fingerprint density at radius 3 is 2.68 bits per heavy atom. The van der Waals surface area contributed by atoms with Crippen LogP contribution < -0.4 is 10.2 Å². The van der Waals surface area contributed by atoms with Crippen molar-refractivity contribution >= 4 is 28.4 Å². The lowest BCUT2D eigenvalue weighted by atomic mass is 9.96. The molecule has 0 spiro atoms. The van der Waals surface area contributed by atoms with Crippen LogP contribution in [0.25, 0.3) is 22.2 Å². The first-order valence-corrected chi connectivity index (χ1v) is 13.1. The maximum Gasteiger partial charge on any atom is 0.229 e. The van der Waals surface area contributed by atoms with Crippen molar-refractivity contribution in [3.63, 3.8) is 0 Å². The highest BCUT2D eigenvalue weighted by molar-refractivity contribution is 5.87. The molecule has 7 nitrogen and oxygen atoms in total. The Bertz CT molecular complexity index is 1500. The van der Waals surface area contributed by atoms with Gasteiger partial charge in [0.15, 0.2) is 5.82 Å². The van der Waals surface area contributed by atoms with Crippen molar-refractivity contribution in [3.05, 3.63) is 78.0 Å². The maximum atomic E-state index is 14.8. The summed E-state index contributed by atoms with van der Waals surface area (Å²) in [7, 11) is 1.94. The number of nitrogens with zero attached hydrogens (tertiary/aromatic N) is 6. The van der Waals surface area contributed by atoms with E-state index in [0.717, 1.165) is 41.8 Å². The van der Waals surface area contributed by atoms with Crippen molar-refractivity contribution in [2.24, 2.45) is 13.0 Å². The van der Waals surface area contributed by atoms with Crippen LogP contribution in [-0.2, 0) is 7.05 Å². The Morgan fingerprint density at radius 2 is 1.95 bits per heavy atom. The maximum absolute atomic E-state index is 14.8. The van der Waals surface area contributed by atoms with E-state index in [2.05, 4.69) is 76.2 Å². The number of hydrogen-bond donors (Lipinski definition) is 1. The van der Waals surface area contributed by atoms with E-state index >= 15 is 0 Å². The van der Waals surface area contributed by atoms with Gasteiger partial charge in [0.1, 0.15) is 11.5 Å². The molecule has 1 atom stereocenters. The number of halogens is 1. The van der Waals surface area contributed by atoms with E-state index in [-0.39, 0.29) is 17.6 Å². The van der Waals surface area contributed by atoms with Crippen LogP contribution in [0.1, 0.15) is 45.7 Å². The minimum Gasteiger partial charge on any atom is -0.363 e. The molecule has 196 valence electrons. The van der Waals surface area contributed by atoms with Crippen molar-refractivity contribution < 1.29 is 4.39 Å². The number of rotatable bonds is 6. The lowest BCUT2D eigenvalue weighted by Gasteiger charge is -2.25. The monoisotopic (exact) mass is 511 g/mol. The first kappa shape index (κ1) is 25.6. The summed E-state index contributed by atoms with van der Waals surface area (Å²) in [6, 6.07) is 9.63. The zero-order valence-corrected chi connectivity index (χ0v) is 22.6. The van der Waals surface area contributed by atoms with Crippen LogP contribution in [0.3, 0.4) is 0 Å². The molecule has 1 aromatic carbocycles. The molecule has 1 N–H and O–H groups in total. The molecule has 3 aromatic heterocycles. The van der Waals surface area contributed by atoms with Crippen molar-refractivity contribution in [1.82, 2.24) is 24.7 Å².